The number of halogens is 1. The predicted molar refractivity (Wildman–Crippen MR) is 84.4 cm³/mol. The first kappa shape index (κ1) is 14.3. The van der Waals surface area contributed by atoms with Crippen molar-refractivity contribution in [1.82, 2.24) is 0 Å². The van der Waals surface area contributed by atoms with Gasteiger partial charge in [0, 0.05) is 17.4 Å². The number of rotatable bonds is 5. The number of carbonyl (C=O) groups excluding carboxylic acids is 1. The summed E-state index contributed by atoms with van der Waals surface area (Å²) in [6.45, 7) is 0.400. The lowest BCUT2D eigenvalue weighted by molar-refractivity contribution is -0.107. The van der Waals surface area contributed by atoms with Gasteiger partial charge in [0.2, 0.25) is 0 Å². The molecular formula is C19H15FO2. The third-order valence-corrected chi connectivity index (χ3v) is 3.58. The molecule has 0 saturated heterocycles. The van der Waals surface area contributed by atoms with Crippen molar-refractivity contribution in [3.05, 3.63) is 77.6 Å². The molecule has 0 aliphatic carbocycles. The van der Waals surface area contributed by atoms with Crippen LogP contribution in [-0.2, 0) is 17.8 Å². The molecule has 2 nitrogen and oxygen atoms in total. The molecule has 0 fully saturated rings. The summed E-state index contributed by atoms with van der Waals surface area (Å²) in [5.74, 6) is 0.216. The summed E-state index contributed by atoms with van der Waals surface area (Å²) in [6.07, 6.45) is 0.751. The van der Waals surface area contributed by atoms with Gasteiger partial charge in [0.15, 0.2) is 0 Å². The van der Waals surface area contributed by atoms with Crippen molar-refractivity contribution in [1.29, 1.82) is 0 Å². The zero-order chi connectivity index (χ0) is 15.4. The summed E-state index contributed by atoms with van der Waals surface area (Å²) in [7, 11) is 0. The zero-order valence-corrected chi connectivity index (χ0v) is 12.0. The summed E-state index contributed by atoms with van der Waals surface area (Å²) in [4.78, 5) is 10.9. The summed E-state index contributed by atoms with van der Waals surface area (Å²) < 4.78 is 19.9. The van der Waals surface area contributed by atoms with Crippen LogP contribution in [0.4, 0.5) is 4.39 Å². The predicted octanol–water partition coefficient (Wildman–Crippen LogP) is 4.30. The van der Waals surface area contributed by atoms with Crippen molar-refractivity contribution >= 4 is 17.1 Å². The number of hydrogen-bond acceptors (Lipinski definition) is 2. The average Bonchev–Trinajstić information content (AvgIpc) is 2.56. The van der Waals surface area contributed by atoms with Crippen LogP contribution < -0.4 is 4.74 Å². The van der Waals surface area contributed by atoms with Gasteiger partial charge in [0.1, 0.15) is 24.5 Å². The Morgan fingerprint density at radius 2 is 1.77 bits per heavy atom. The highest BCUT2D eigenvalue weighted by atomic mass is 19.1. The molecule has 110 valence electrons. The third kappa shape index (κ3) is 2.84. The largest absolute Gasteiger partial charge is 0.488 e. The number of benzene rings is 3. The lowest BCUT2D eigenvalue weighted by Gasteiger charge is -2.13. The molecule has 0 amide bonds. The monoisotopic (exact) mass is 294 g/mol. The van der Waals surface area contributed by atoms with Crippen LogP contribution in [0.15, 0.2) is 60.7 Å². The van der Waals surface area contributed by atoms with E-state index in [1.165, 1.54) is 6.07 Å². The Morgan fingerprint density at radius 3 is 2.55 bits per heavy atom. The van der Waals surface area contributed by atoms with Crippen molar-refractivity contribution in [2.24, 2.45) is 0 Å². The number of hydrogen-bond donors (Lipinski definition) is 0. The molecule has 3 rings (SSSR count). The van der Waals surface area contributed by atoms with Crippen molar-refractivity contribution < 1.29 is 13.9 Å². The Kier molecular flexibility index (Phi) is 4.15. The number of ether oxygens (including phenoxy) is 1. The molecular weight excluding hydrogens is 279 g/mol. The molecule has 0 heterocycles. The van der Waals surface area contributed by atoms with E-state index in [9.17, 15) is 9.18 Å². The summed E-state index contributed by atoms with van der Waals surface area (Å²) >= 11 is 0. The third-order valence-electron chi connectivity index (χ3n) is 3.58. The lowest BCUT2D eigenvalue weighted by atomic mass is 10.0. The van der Waals surface area contributed by atoms with Crippen LogP contribution in [0.2, 0.25) is 0 Å². The van der Waals surface area contributed by atoms with E-state index in [1.807, 2.05) is 42.5 Å². The van der Waals surface area contributed by atoms with Crippen LogP contribution in [0.5, 0.6) is 5.75 Å². The molecule has 0 unspecified atom stereocenters. The first-order valence-corrected chi connectivity index (χ1v) is 7.10. The van der Waals surface area contributed by atoms with Gasteiger partial charge >= 0.3 is 0 Å². The molecule has 0 saturated carbocycles. The molecule has 3 aromatic rings. The second-order valence-corrected chi connectivity index (χ2v) is 5.03. The van der Waals surface area contributed by atoms with Gasteiger partial charge in [0.25, 0.3) is 0 Å². The van der Waals surface area contributed by atoms with Crippen LogP contribution in [0, 0.1) is 5.82 Å². The molecule has 0 bridgehead atoms. The van der Waals surface area contributed by atoms with E-state index in [4.69, 9.17) is 4.74 Å². The zero-order valence-electron chi connectivity index (χ0n) is 12.0. The minimum Gasteiger partial charge on any atom is -0.488 e. The van der Waals surface area contributed by atoms with Crippen LogP contribution in [0.1, 0.15) is 11.1 Å². The van der Waals surface area contributed by atoms with E-state index < -0.39 is 0 Å². The summed E-state index contributed by atoms with van der Waals surface area (Å²) in [5.41, 5.74) is 1.42. The average molecular weight is 294 g/mol. The highest BCUT2D eigenvalue weighted by Gasteiger charge is 2.12. The maximum absolute atomic E-state index is 14.0. The molecule has 0 N–H and O–H groups in total. The molecule has 3 aromatic carbocycles. The van der Waals surface area contributed by atoms with Crippen molar-refractivity contribution in [3.63, 3.8) is 0 Å². The van der Waals surface area contributed by atoms with E-state index in [-0.39, 0.29) is 12.2 Å². The van der Waals surface area contributed by atoms with Gasteiger partial charge in [-0.3, -0.25) is 0 Å². The lowest BCUT2D eigenvalue weighted by Crippen LogP contribution is -1.99. The normalized spacial score (nSPS) is 10.6. The number of fused-ring (bicyclic) bond motifs is 1. The Morgan fingerprint density at radius 1 is 0.955 bits per heavy atom. The van der Waals surface area contributed by atoms with Gasteiger partial charge in [-0.2, -0.15) is 0 Å². The van der Waals surface area contributed by atoms with Crippen LogP contribution >= 0.6 is 0 Å². The second-order valence-electron chi connectivity index (χ2n) is 5.03. The minimum absolute atomic E-state index is 0.0366. The number of carbonyl (C=O) groups is 1. The number of aldehydes is 1. The highest BCUT2D eigenvalue weighted by Crippen LogP contribution is 2.31. The molecule has 0 aromatic heterocycles. The Labute approximate surface area is 128 Å². The first-order valence-electron chi connectivity index (χ1n) is 7.10. The smallest absolute Gasteiger partial charge is 0.128 e. The van der Waals surface area contributed by atoms with Gasteiger partial charge in [-0.15, -0.1) is 0 Å². The van der Waals surface area contributed by atoms with Crippen LogP contribution in [-0.4, -0.2) is 6.29 Å². The van der Waals surface area contributed by atoms with Crippen molar-refractivity contribution in [2.45, 2.75) is 13.0 Å². The van der Waals surface area contributed by atoms with Gasteiger partial charge in [-0.05, 0) is 23.1 Å². The Balaban J connectivity index is 2.01. The second kappa shape index (κ2) is 6.39. The van der Waals surface area contributed by atoms with E-state index in [2.05, 4.69) is 0 Å². The molecule has 0 aliphatic heterocycles. The standard InChI is InChI=1S/C19H15FO2/c20-17-10-9-15-7-4-8-18(19(15)16(17)11-12-21)22-13-14-5-2-1-3-6-14/h1-10,12H,11,13H2. The Bertz CT molecular complexity index is 797. The maximum atomic E-state index is 14.0. The summed E-state index contributed by atoms with van der Waals surface area (Å²) in [6, 6.07) is 18.4. The van der Waals surface area contributed by atoms with Crippen molar-refractivity contribution in [2.75, 3.05) is 0 Å². The van der Waals surface area contributed by atoms with E-state index in [0.717, 1.165) is 10.9 Å². The quantitative estimate of drug-likeness (QED) is 0.656. The van der Waals surface area contributed by atoms with Crippen molar-refractivity contribution in [3.8, 4) is 5.75 Å². The Hall–Kier alpha value is -2.68. The molecule has 0 radical (unpaired) electrons. The van der Waals surface area contributed by atoms with Gasteiger partial charge in [-0.25, -0.2) is 4.39 Å². The van der Waals surface area contributed by atoms with Gasteiger partial charge in [0.05, 0.1) is 0 Å². The van der Waals surface area contributed by atoms with E-state index in [0.29, 0.717) is 29.6 Å². The molecule has 0 aliphatic rings. The fourth-order valence-corrected chi connectivity index (χ4v) is 2.53. The van der Waals surface area contributed by atoms with E-state index in [1.54, 1.807) is 12.1 Å². The van der Waals surface area contributed by atoms with Crippen LogP contribution in [0.25, 0.3) is 10.8 Å². The van der Waals surface area contributed by atoms with E-state index >= 15 is 0 Å². The highest BCUT2D eigenvalue weighted by molar-refractivity contribution is 5.92. The molecule has 3 heteroatoms. The molecule has 0 spiro atoms. The molecule has 0 atom stereocenters. The SMILES string of the molecule is O=CCc1c(F)ccc2cccc(OCc3ccccc3)c12. The first-order chi connectivity index (χ1) is 10.8. The molecule has 22 heavy (non-hydrogen) atoms. The van der Waals surface area contributed by atoms with Crippen LogP contribution in [0.3, 0.4) is 0 Å². The van der Waals surface area contributed by atoms with Gasteiger partial charge in [-0.1, -0.05) is 48.5 Å². The summed E-state index contributed by atoms with van der Waals surface area (Å²) in [5, 5.41) is 1.54. The topological polar surface area (TPSA) is 26.3 Å². The fraction of sp³-hybridized carbons (Fsp3) is 0.105. The van der Waals surface area contributed by atoms with Gasteiger partial charge < -0.3 is 9.53 Å². The minimum atomic E-state index is -0.379. The fourth-order valence-electron chi connectivity index (χ4n) is 2.53. The maximum Gasteiger partial charge on any atom is 0.128 e.